The molecule has 0 radical (unpaired) electrons. The summed E-state index contributed by atoms with van der Waals surface area (Å²) in [6, 6.07) is 10.1. The maximum absolute atomic E-state index is 9.13. The zero-order valence-corrected chi connectivity index (χ0v) is 11.9. The molecule has 96 valence electrons. The highest BCUT2D eigenvalue weighted by Gasteiger charge is 2.19. The Labute approximate surface area is 117 Å². The van der Waals surface area contributed by atoms with E-state index >= 15 is 0 Å². The van der Waals surface area contributed by atoms with Gasteiger partial charge in [-0.3, -0.25) is 0 Å². The average Bonchev–Trinajstić information content (AvgIpc) is 2.42. The molecule has 0 aliphatic heterocycles. The van der Waals surface area contributed by atoms with Crippen LogP contribution in [0.15, 0.2) is 30.5 Å². The maximum Gasteiger partial charge on any atom is 0.222 e. The Morgan fingerprint density at radius 1 is 1.21 bits per heavy atom. The van der Waals surface area contributed by atoms with Crippen LogP contribution in [0.3, 0.4) is 0 Å². The number of halogens is 1. The first-order chi connectivity index (χ1) is 8.94. The molecule has 1 heterocycles. The molecule has 0 N–H and O–H groups in total. The maximum atomic E-state index is 9.13. The van der Waals surface area contributed by atoms with Crippen molar-refractivity contribution >= 4 is 11.6 Å². The van der Waals surface area contributed by atoms with E-state index < -0.39 is 5.41 Å². The number of hydrogen-bond acceptors (Lipinski definition) is 3. The van der Waals surface area contributed by atoms with Gasteiger partial charge in [-0.15, -0.1) is 0 Å². The van der Waals surface area contributed by atoms with Crippen molar-refractivity contribution in [3.8, 4) is 17.3 Å². The second-order valence-corrected chi connectivity index (χ2v) is 5.32. The molecule has 1 aromatic carbocycles. The Balaban J connectivity index is 2.44. The highest BCUT2D eigenvalue weighted by atomic mass is 35.5. The van der Waals surface area contributed by atoms with Gasteiger partial charge in [-0.2, -0.15) is 5.26 Å². The molecule has 0 saturated heterocycles. The molecule has 0 aliphatic rings. The number of hydrogen-bond donors (Lipinski definition) is 0. The van der Waals surface area contributed by atoms with Crippen LogP contribution in [0.4, 0.5) is 0 Å². The summed E-state index contributed by atoms with van der Waals surface area (Å²) in [4.78, 5) is 8.19. The van der Waals surface area contributed by atoms with Crippen molar-refractivity contribution in [3.63, 3.8) is 0 Å². The third-order valence-electron chi connectivity index (χ3n) is 3.10. The van der Waals surface area contributed by atoms with Gasteiger partial charge in [0.1, 0.15) is 0 Å². The molecule has 4 heteroatoms. The van der Waals surface area contributed by atoms with Crippen LogP contribution >= 0.6 is 11.6 Å². The molecule has 1 aromatic heterocycles. The van der Waals surface area contributed by atoms with Gasteiger partial charge >= 0.3 is 0 Å². The second kappa shape index (κ2) is 4.99. The van der Waals surface area contributed by atoms with Crippen molar-refractivity contribution in [3.05, 3.63) is 46.9 Å². The molecule has 0 saturated carbocycles. The van der Waals surface area contributed by atoms with Gasteiger partial charge in [0.05, 0.1) is 17.2 Å². The summed E-state index contributed by atoms with van der Waals surface area (Å²) in [5.74, 6) is 0. The van der Waals surface area contributed by atoms with Crippen LogP contribution in [0.5, 0.6) is 0 Å². The molecular formula is C15H14ClN3. The van der Waals surface area contributed by atoms with Crippen molar-refractivity contribution in [2.24, 2.45) is 0 Å². The molecular weight excluding hydrogens is 258 g/mol. The highest BCUT2D eigenvalue weighted by Crippen LogP contribution is 2.27. The fraction of sp³-hybridized carbons (Fsp3) is 0.267. The molecule has 19 heavy (non-hydrogen) atoms. The van der Waals surface area contributed by atoms with Crippen LogP contribution in [0.25, 0.3) is 11.3 Å². The topological polar surface area (TPSA) is 49.6 Å². The Kier molecular flexibility index (Phi) is 3.55. The van der Waals surface area contributed by atoms with E-state index in [-0.39, 0.29) is 5.28 Å². The summed E-state index contributed by atoms with van der Waals surface area (Å²) in [7, 11) is 0. The van der Waals surface area contributed by atoms with Gasteiger partial charge in [-0.05, 0) is 43.5 Å². The summed E-state index contributed by atoms with van der Waals surface area (Å²) in [6.07, 6.45) is 1.71. The van der Waals surface area contributed by atoms with Crippen molar-refractivity contribution in [2.45, 2.75) is 26.2 Å². The van der Waals surface area contributed by atoms with E-state index in [1.165, 1.54) is 0 Å². The lowest BCUT2D eigenvalue weighted by Gasteiger charge is -2.16. The normalized spacial score (nSPS) is 11.1. The number of aromatic nitrogens is 2. The van der Waals surface area contributed by atoms with Crippen molar-refractivity contribution in [1.29, 1.82) is 5.26 Å². The number of benzene rings is 1. The molecule has 2 rings (SSSR count). The Morgan fingerprint density at radius 3 is 2.42 bits per heavy atom. The SMILES string of the molecule is Cc1cnc(Cl)nc1-c1ccc(C(C)(C)C#N)cc1. The molecule has 2 aromatic rings. The third-order valence-corrected chi connectivity index (χ3v) is 3.28. The van der Waals surface area contributed by atoms with Gasteiger partial charge in [0.25, 0.3) is 0 Å². The van der Waals surface area contributed by atoms with Gasteiger partial charge in [-0.25, -0.2) is 9.97 Å². The van der Waals surface area contributed by atoms with Gasteiger partial charge < -0.3 is 0 Å². The molecule has 0 fully saturated rings. The van der Waals surface area contributed by atoms with Crippen LogP contribution in [-0.4, -0.2) is 9.97 Å². The number of rotatable bonds is 2. The van der Waals surface area contributed by atoms with E-state index in [4.69, 9.17) is 16.9 Å². The van der Waals surface area contributed by atoms with E-state index in [1.54, 1.807) is 6.20 Å². The van der Waals surface area contributed by atoms with Crippen molar-refractivity contribution in [1.82, 2.24) is 9.97 Å². The number of nitriles is 1. The molecule has 3 nitrogen and oxygen atoms in total. The molecule has 0 bridgehead atoms. The van der Waals surface area contributed by atoms with Gasteiger partial charge in [0, 0.05) is 11.8 Å². The summed E-state index contributed by atoms with van der Waals surface area (Å²) < 4.78 is 0. The lowest BCUT2D eigenvalue weighted by atomic mass is 9.86. The minimum absolute atomic E-state index is 0.238. The van der Waals surface area contributed by atoms with E-state index in [2.05, 4.69) is 16.0 Å². The highest BCUT2D eigenvalue weighted by molar-refractivity contribution is 6.28. The Morgan fingerprint density at radius 2 is 1.84 bits per heavy atom. The quantitative estimate of drug-likeness (QED) is 0.778. The van der Waals surface area contributed by atoms with E-state index in [1.807, 2.05) is 45.0 Å². The van der Waals surface area contributed by atoms with Crippen LogP contribution in [0, 0.1) is 18.3 Å². The lowest BCUT2D eigenvalue weighted by molar-refractivity contribution is 0.687. The standard InChI is InChI=1S/C15H14ClN3/c1-10-8-18-14(16)19-13(10)11-4-6-12(7-5-11)15(2,3)9-17/h4-8H,1-3H3. The van der Waals surface area contributed by atoms with Gasteiger partial charge in [0.15, 0.2) is 0 Å². The van der Waals surface area contributed by atoms with E-state index in [9.17, 15) is 0 Å². The third kappa shape index (κ3) is 2.74. The van der Waals surface area contributed by atoms with Crippen LogP contribution in [-0.2, 0) is 5.41 Å². The lowest BCUT2D eigenvalue weighted by Crippen LogP contribution is -2.13. The molecule has 0 amide bonds. The second-order valence-electron chi connectivity index (χ2n) is 4.98. The fourth-order valence-electron chi connectivity index (χ4n) is 1.82. The predicted molar refractivity (Wildman–Crippen MR) is 75.9 cm³/mol. The van der Waals surface area contributed by atoms with Crippen LogP contribution in [0.2, 0.25) is 5.28 Å². The Hall–Kier alpha value is -1.92. The first-order valence-electron chi connectivity index (χ1n) is 5.95. The molecule has 0 atom stereocenters. The van der Waals surface area contributed by atoms with Crippen molar-refractivity contribution in [2.75, 3.05) is 0 Å². The minimum Gasteiger partial charge on any atom is -0.226 e. The van der Waals surface area contributed by atoms with Gasteiger partial charge in [0.2, 0.25) is 5.28 Å². The summed E-state index contributed by atoms with van der Waals surface area (Å²) in [6.45, 7) is 5.74. The summed E-state index contributed by atoms with van der Waals surface area (Å²) >= 11 is 5.83. The predicted octanol–water partition coefficient (Wildman–Crippen LogP) is 3.91. The minimum atomic E-state index is -0.489. The molecule has 0 unspecified atom stereocenters. The zero-order valence-electron chi connectivity index (χ0n) is 11.1. The Bertz CT molecular complexity index is 639. The fourth-order valence-corrected chi connectivity index (χ4v) is 1.96. The monoisotopic (exact) mass is 271 g/mol. The average molecular weight is 272 g/mol. The largest absolute Gasteiger partial charge is 0.226 e. The molecule has 0 spiro atoms. The van der Waals surface area contributed by atoms with E-state index in [0.29, 0.717) is 0 Å². The summed E-state index contributed by atoms with van der Waals surface area (Å²) in [5.41, 5.74) is 3.26. The summed E-state index contributed by atoms with van der Waals surface area (Å²) in [5, 5.41) is 9.36. The first kappa shape index (κ1) is 13.5. The van der Waals surface area contributed by atoms with Crippen molar-refractivity contribution < 1.29 is 0 Å². The van der Waals surface area contributed by atoms with E-state index in [0.717, 1.165) is 22.4 Å². The van der Waals surface area contributed by atoms with Crippen LogP contribution in [0.1, 0.15) is 25.0 Å². The van der Waals surface area contributed by atoms with Crippen LogP contribution < -0.4 is 0 Å². The van der Waals surface area contributed by atoms with Gasteiger partial charge in [-0.1, -0.05) is 24.3 Å². The number of aryl methyl sites for hydroxylation is 1. The smallest absolute Gasteiger partial charge is 0.222 e. The zero-order chi connectivity index (χ0) is 14.0. The number of nitrogens with zero attached hydrogens (tertiary/aromatic N) is 3. The molecule has 0 aliphatic carbocycles. The first-order valence-corrected chi connectivity index (χ1v) is 6.33.